The molecule has 2 aliphatic heterocycles. The van der Waals surface area contributed by atoms with Crippen LogP contribution in [0.25, 0.3) is 6.08 Å². The van der Waals surface area contributed by atoms with Crippen molar-refractivity contribution in [1.29, 1.82) is 0 Å². The first-order valence-corrected chi connectivity index (χ1v) is 10.5. The summed E-state index contributed by atoms with van der Waals surface area (Å²) in [4.78, 5) is 13.2. The van der Waals surface area contributed by atoms with E-state index in [1.807, 2.05) is 24.3 Å². The highest BCUT2D eigenvalue weighted by molar-refractivity contribution is 6.09. The van der Waals surface area contributed by atoms with Gasteiger partial charge in [-0.1, -0.05) is 35.9 Å². The van der Waals surface area contributed by atoms with E-state index in [1.54, 1.807) is 6.08 Å². The number of rotatable bonds is 3. The molecule has 0 aromatic heterocycles. The number of benzene rings is 2. The third-order valence-electron chi connectivity index (χ3n) is 5.90. The van der Waals surface area contributed by atoms with Crippen molar-refractivity contribution in [3.8, 4) is 11.5 Å². The van der Waals surface area contributed by atoms with E-state index in [9.17, 15) is 4.79 Å². The molecule has 4 rings (SSSR count). The van der Waals surface area contributed by atoms with Gasteiger partial charge in [-0.25, -0.2) is 0 Å². The number of fused-ring (bicyclic) bond motifs is 3. The fourth-order valence-electron chi connectivity index (χ4n) is 4.06. The molecule has 0 aliphatic carbocycles. The van der Waals surface area contributed by atoms with Gasteiger partial charge in [-0.15, -0.1) is 0 Å². The Balaban J connectivity index is 1.75. The highest BCUT2D eigenvalue weighted by Crippen LogP contribution is 2.46. The molecule has 2 aromatic carbocycles. The lowest BCUT2D eigenvalue weighted by molar-refractivity contribution is 0.0655. The number of carbonyl (C=O) groups is 1. The van der Waals surface area contributed by atoms with Crippen LogP contribution in [-0.2, 0) is 12.8 Å². The fraction of sp³-hybridized carbons (Fsp3) is 0.423. The first kappa shape index (κ1) is 19.8. The van der Waals surface area contributed by atoms with E-state index in [4.69, 9.17) is 9.47 Å². The van der Waals surface area contributed by atoms with Crippen LogP contribution in [0.5, 0.6) is 11.5 Å². The monoisotopic (exact) mass is 390 g/mol. The molecular weight excluding hydrogens is 360 g/mol. The topological polar surface area (TPSA) is 35.5 Å². The maximum Gasteiger partial charge on any atom is 0.189 e. The minimum atomic E-state index is -0.291. The Bertz CT molecular complexity index is 978. The number of hydrogen-bond donors (Lipinski definition) is 0. The average Bonchev–Trinajstić information content (AvgIpc) is 2.65. The van der Waals surface area contributed by atoms with Gasteiger partial charge < -0.3 is 9.47 Å². The molecule has 3 heteroatoms. The van der Waals surface area contributed by atoms with E-state index in [-0.39, 0.29) is 17.0 Å². The van der Waals surface area contributed by atoms with Crippen LogP contribution < -0.4 is 9.47 Å². The van der Waals surface area contributed by atoms with E-state index < -0.39 is 0 Å². The van der Waals surface area contributed by atoms with E-state index in [0.717, 1.165) is 48.1 Å². The minimum Gasteiger partial charge on any atom is -0.487 e. The quantitative estimate of drug-likeness (QED) is 0.469. The Kier molecular flexibility index (Phi) is 4.80. The fourth-order valence-corrected chi connectivity index (χ4v) is 4.06. The third-order valence-corrected chi connectivity index (χ3v) is 5.90. The zero-order valence-corrected chi connectivity index (χ0v) is 18.1. The molecule has 2 aromatic rings. The van der Waals surface area contributed by atoms with E-state index in [1.165, 1.54) is 5.56 Å². The standard InChI is InChI=1S/C26H30O3/c1-17-6-8-18(9-7-17)10-11-22(27)21-16-19-12-14-25(2,3)28-23(19)20-13-15-26(4,5)29-24(20)21/h6-11,16H,12-15H2,1-5H3/b11-10+. The SMILES string of the molecule is Cc1ccc(/C=C/C(=O)c2cc3c(c4c2OC(C)(C)CC4)OC(C)(C)CC3)cc1. The van der Waals surface area contributed by atoms with Crippen molar-refractivity contribution in [3.63, 3.8) is 0 Å². The first-order chi connectivity index (χ1) is 13.6. The van der Waals surface area contributed by atoms with Crippen molar-refractivity contribution < 1.29 is 14.3 Å². The first-order valence-electron chi connectivity index (χ1n) is 10.5. The van der Waals surface area contributed by atoms with E-state index >= 15 is 0 Å². The zero-order valence-electron chi connectivity index (χ0n) is 18.1. The third kappa shape index (κ3) is 4.10. The molecule has 29 heavy (non-hydrogen) atoms. The molecule has 0 spiro atoms. The zero-order chi connectivity index (χ0) is 20.8. The summed E-state index contributed by atoms with van der Waals surface area (Å²) in [5, 5.41) is 0. The smallest absolute Gasteiger partial charge is 0.189 e. The number of hydrogen-bond acceptors (Lipinski definition) is 3. The van der Waals surface area contributed by atoms with Gasteiger partial charge in [0.05, 0.1) is 5.56 Å². The van der Waals surface area contributed by atoms with Gasteiger partial charge in [0.15, 0.2) is 5.78 Å². The van der Waals surface area contributed by atoms with Crippen LogP contribution in [0.2, 0.25) is 0 Å². The second-order valence-electron chi connectivity index (χ2n) is 9.55. The molecule has 0 bridgehead atoms. The second kappa shape index (κ2) is 7.05. The normalized spacial score (nSPS) is 19.1. The van der Waals surface area contributed by atoms with Crippen molar-refractivity contribution in [2.75, 3.05) is 0 Å². The number of aryl methyl sites for hydroxylation is 2. The lowest BCUT2D eigenvalue weighted by Crippen LogP contribution is -2.37. The van der Waals surface area contributed by atoms with Gasteiger partial charge in [-0.2, -0.15) is 0 Å². The molecular formula is C26H30O3. The molecule has 0 unspecified atom stereocenters. The number of ketones is 1. The van der Waals surface area contributed by atoms with Crippen LogP contribution >= 0.6 is 0 Å². The number of carbonyl (C=O) groups excluding carboxylic acids is 1. The Morgan fingerprint density at radius 2 is 1.55 bits per heavy atom. The number of allylic oxidation sites excluding steroid dienone is 1. The summed E-state index contributed by atoms with van der Waals surface area (Å²) in [6.45, 7) is 10.5. The van der Waals surface area contributed by atoms with Crippen LogP contribution in [-0.4, -0.2) is 17.0 Å². The van der Waals surface area contributed by atoms with Crippen LogP contribution in [0.1, 0.15) is 73.1 Å². The van der Waals surface area contributed by atoms with Gasteiger partial charge in [-0.05, 0) is 83.6 Å². The summed E-state index contributed by atoms with van der Waals surface area (Å²) < 4.78 is 12.7. The molecule has 0 radical (unpaired) electrons. The summed E-state index contributed by atoms with van der Waals surface area (Å²) in [5.74, 6) is 1.62. The predicted molar refractivity (Wildman–Crippen MR) is 117 cm³/mol. The predicted octanol–water partition coefficient (Wildman–Crippen LogP) is 6.10. The molecule has 0 atom stereocenters. The maximum absolute atomic E-state index is 13.2. The van der Waals surface area contributed by atoms with Gasteiger partial charge in [0.1, 0.15) is 22.7 Å². The van der Waals surface area contributed by atoms with Crippen LogP contribution in [0.3, 0.4) is 0 Å². The van der Waals surface area contributed by atoms with Crippen LogP contribution in [0.15, 0.2) is 36.4 Å². The van der Waals surface area contributed by atoms with Crippen molar-refractivity contribution in [3.05, 3.63) is 64.2 Å². The van der Waals surface area contributed by atoms with Crippen molar-refractivity contribution in [2.24, 2.45) is 0 Å². The van der Waals surface area contributed by atoms with Crippen LogP contribution in [0.4, 0.5) is 0 Å². The minimum absolute atomic E-state index is 0.0211. The highest BCUT2D eigenvalue weighted by atomic mass is 16.5. The van der Waals surface area contributed by atoms with Gasteiger partial charge in [0.25, 0.3) is 0 Å². The molecule has 3 nitrogen and oxygen atoms in total. The van der Waals surface area contributed by atoms with Crippen molar-refractivity contribution in [2.45, 2.75) is 71.5 Å². The molecule has 0 fully saturated rings. The average molecular weight is 391 g/mol. The molecule has 152 valence electrons. The van der Waals surface area contributed by atoms with Gasteiger partial charge in [0, 0.05) is 5.56 Å². The molecule has 2 aliphatic rings. The Morgan fingerprint density at radius 1 is 0.931 bits per heavy atom. The van der Waals surface area contributed by atoms with Crippen molar-refractivity contribution in [1.82, 2.24) is 0 Å². The van der Waals surface area contributed by atoms with Gasteiger partial charge in [-0.3, -0.25) is 4.79 Å². The lowest BCUT2D eigenvalue weighted by atomic mass is 9.85. The summed E-state index contributed by atoms with van der Waals surface area (Å²) in [6.07, 6.45) is 7.17. The molecule has 0 saturated heterocycles. The summed E-state index contributed by atoms with van der Waals surface area (Å²) >= 11 is 0. The summed E-state index contributed by atoms with van der Waals surface area (Å²) in [7, 11) is 0. The Morgan fingerprint density at radius 3 is 2.24 bits per heavy atom. The molecule has 2 heterocycles. The molecule has 0 N–H and O–H groups in total. The lowest BCUT2D eigenvalue weighted by Gasteiger charge is -2.39. The highest BCUT2D eigenvalue weighted by Gasteiger charge is 2.36. The maximum atomic E-state index is 13.2. The largest absolute Gasteiger partial charge is 0.487 e. The van der Waals surface area contributed by atoms with E-state index in [0.29, 0.717) is 11.3 Å². The van der Waals surface area contributed by atoms with Crippen molar-refractivity contribution >= 4 is 11.9 Å². The number of ether oxygens (including phenoxy) is 2. The summed E-state index contributed by atoms with van der Waals surface area (Å²) in [5.41, 5.74) is 4.57. The Labute approximate surface area is 173 Å². The Hall–Kier alpha value is -2.55. The van der Waals surface area contributed by atoms with Gasteiger partial charge >= 0.3 is 0 Å². The molecule has 0 saturated carbocycles. The van der Waals surface area contributed by atoms with Gasteiger partial charge in [0.2, 0.25) is 0 Å². The summed E-state index contributed by atoms with van der Waals surface area (Å²) in [6, 6.07) is 10.1. The second-order valence-corrected chi connectivity index (χ2v) is 9.55. The van der Waals surface area contributed by atoms with Crippen LogP contribution in [0, 0.1) is 6.92 Å². The molecule has 0 amide bonds. The van der Waals surface area contributed by atoms with E-state index in [2.05, 4.69) is 46.8 Å².